The number of halogens is 2. The molecular formula is C18H22F2N2O2S. The van der Waals surface area contributed by atoms with Crippen LogP contribution in [0, 0.1) is 0 Å². The van der Waals surface area contributed by atoms with Gasteiger partial charge >= 0.3 is 0 Å². The van der Waals surface area contributed by atoms with E-state index in [1.165, 1.54) is 12.8 Å². The summed E-state index contributed by atoms with van der Waals surface area (Å²) in [5.74, 6) is -0.216. The van der Waals surface area contributed by atoms with Crippen molar-refractivity contribution in [3.05, 3.63) is 47.5 Å². The number of aromatic nitrogens is 1. The second kappa shape index (κ2) is 9.20. The number of thioether (sulfide) groups is 1. The Bertz CT molecular complexity index is 660. The Kier molecular flexibility index (Phi) is 6.69. The lowest BCUT2D eigenvalue weighted by atomic mass is 10.2. The van der Waals surface area contributed by atoms with E-state index >= 15 is 0 Å². The van der Waals surface area contributed by atoms with Crippen molar-refractivity contribution >= 4 is 11.8 Å². The van der Waals surface area contributed by atoms with Crippen LogP contribution in [-0.4, -0.2) is 16.8 Å². The van der Waals surface area contributed by atoms with Gasteiger partial charge in [-0.1, -0.05) is 17.8 Å². The number of ether oxygens (including phenoxy) is 1. The van der Waals surface area contributed by atoms with Gasteiger partial charge in [0, 0.05) is 18.3 Å². The Hall–Kier alpha value is -1.60. The number of rotatable bonds is 9. The first-order valence-corrected chi connectivity index (χ1v) is 9.54. The normalized spacial score (nSPS) is 15.2. The van der Waals surface area contributed by atoms with Crippen molar-refractivity contribution in [2.24, 2.45) is 0 Å². The van der Waals surface area contributed by atoms with E-state index in [0.717, 1.165) is 24.2 Å². The van der Waals surface area contributed by atoms with Crippen LogP contribution in [0.2, 0.25) is 0 Å². The Labute approximate surface area is 150 Å². The third kappa shape index (κ3) is 5.71. The van der Waals surface area contributed by atoms with Crippen molar-refractivity contribution in [2.45, 2.75) is 56.4 Å². The number of hydrogen-bond donors (Lipinski definition) is 1. The first kappa shape index (κ1) is 18.2. The van der Waals surface area contributed by atoms with Crippen LogP contribution in [-0.2, 0) is 18.8 Å². The van der Waals surface area contributed by atoms with Gasteiger partial charge in [-0.2, -0.15) is 8.78 Å². The van der Waals surface area contributed by atoms with Gasteiger partial charge in [0.25, 0.3) is 5.76 Å². The lowest BCUT2D eigenvalue weighted by Crippen LogP contribution is -2.17. The van der Waals surface area contributed by atoms with Gasteiger partial charge in [0.15, 0.2) is 0 Å². The summed E-state index contributed by atoms with van der Waals surface area (Å²) in [7, 11) is 0. The molecule has 1 fully saturated rings. The highest BCUT2D eigenvalue weighted by Gasteiger charge is 2.18. The van der Waals surface area contributed by atoms with E-state index in [0.29, 0.717) is 36.5 Å². The zero-order chi connectivity index (χ0) is 17.5. The van der Waals surface area contributed by atoms with Crippen molar-refractivity contribution in [1.29, 1.82) is 0 Å². The molecule has 2 heterocycles. The van der Waals surface area contributed by atoms with E-state index in [-0.39, 0.29) is 11.9 Å². The summed E-state index contributed by atoms with van der Waals surface area (Å²) in [6, 6.07) is 7.45. The highest BCUT2D eigenvalue weighted by atomic mass is 32.2. The molecule has 4 nitrogen and oxygen atoms in total. The third-order valence-electron chi connectivity index (χ3n) is 4.11. The Morgan fingerprint density at radius 3 is 2.80 bits per heavy atom. The van der Waals surface area contributed by atoms with Crippen LogP contribution in [0.3, 0.4) is 0 Å². The van der Waals surface area contributed by atoms with Gasteiger partial charge in [0.1, 0.15) is 17.6 Å². The van der Waals surface area contributed by atoms with Crippen LogP contribution in [0.15, 0.2) is 34.9 Å². The lowest BCUT2D eigenvalue weighted by Gasteiger charge is -2.15. The average molecular weight is 368 g/mol. The molecule has 1 aliphatic carbocycles. The van der Waals surface area contributed by atoms with Crippen molar-refractivity contribution in [1.82, 2.24) is 10.3 Å². The predicted molar refractivity (Wildman–Crippen MR) is 93.7 cm³/mol. The fourth-order valence-corrected chi connectivity index (χ4v) is 3.33. The number of pyridine rings is 1. The molecule has 136 valence electrons. The quantitative estimate of drug-likeness (QED) is 0.693. The fourth-order valence-electron chi connectivity index (χ4n) is 2.89. The van der Waals surface area contributed by atoms with Crippen molar-refractivity contribution in [3.8, 4) is 5.88 Å². The largest absolute Gasteiger partial charge is 0.474 e. The third-order valence-corrected chi connectivity index (χ3v) is 4.82. The molecule has 2 aromatic rings. The van der Waals surface area contributed by atoms with Gasteiger partial charge in [-0.05, 0) is 43.9 Å². The molecule has 0 radical (unpaired) electrons. The monoisotopic (exact) mass is 368 g/mol. The molecule has 1 aliphatic rings. The van der Waals surface area contributed by atoms with Gasteiger partial charge in [-0.25, -0.2) is 4.98 Å². The van der Waals surface area contributed by atoms with Crippen LogP contribution < -0.4 is 10.1 Å². The van der Waals surface area contributed by atoms with Crippen LogP contribution in [0.25, 0.3) is 0 Å². The predicted octanol–water partition coefficient (Wildman–Crippen LogP) is 4.74. The van der Waals surface area contributed by atoms with E-state index in [4.69, 9.17) is 9.15 Å². The smallest absolute Gasteiger partial charge is 0.284 e. The van der Waals surface area contributed by atoms with E-state index < -0.39 is 5.76 Å². The van der Waals surface area contributed by atoms with Crippen molar-refractivity contribution in [2.75, 3.05) is 0 Å². The summed E-state index contributed by atoms with van der Waals surface area (Å²) in [5.41, 5.74) is 1.01. The Morgan fingerprint density at radius 2 is 2.00 bits per heavy atom. The summed E-state index contributed by atoms with van der Waals surface area (Å²) in [6.45, 7) is 1.13. The minimum Gasteiger partial charge on any atom is -0.474 e. The molecule has 0 atom stereocenters. The Morgan fingerprint density at radius 1 is 1.20 bits per heavy atom. The summed E-state index contributed by atoms with van der Waals surface area (Å²) >= 11 is 0.563. The second-order valence-corrected chi connectivity index (χ2v) is 7.01. The van der Waals surface area contributed by atoms with Crippen molar-refractivity contribution < 1.29 is 17.9 Å². The van der Waals surface area contributed by atoms with Gasteiger partial charge in [0.2, 0.25) is 5.88 Å². The zero-order valence-corrected chi connectivity index (χ0v) is 14.7. The van der Waals surface area contributed by atoms with E-state index in [1.807, 2.05) is 18.2 Å². The molecule has 0 aromatic carbocycles. The van der Waals surface area contributed by atoms with Crippen LogP contribution in [0.5, 0.6) is 5.88 Å². The van der Waals surface area contributed by atoms with Crippen molar-refractivity contribution in [3.63, 3.8) is 0 Å². The maximum Gasteiger partial charge on any atom is 0.284 e. The molecule has 0 unspecified atom stereocenters. The molecule has 0 spiro atoms. The SMILES string of the molecule is FC(F)SCc1ccc(CNCc2cccnc2OC2CCCC2)o1. The maximum atomic E-state index is 12.2. The standard InChI is InChI=1S/C18H22F2N2O2S/c19-18(20)25-12-16-8-7-15(23-16)11-21-10-13-4-3-9-22-17(13)24-14-5-1-2-6-14/h3-4,7-9,14,18,21H,1-2,5-6,10-12H2. The number of alkyl halides is 2. The van der Waals surface area contributed by atoms with Gasteiger partial charge in [-0.15, -0.1) is 0 Å². The van der Waals surface area contributed by atoms with Crippen LogP contribution in [0.4, 0.5) is 8.78 Å². The molecule has 3 rings (SSSR count). The fraction of sp³-hybridized carbons (Fsp3) is 0.500. The zero-order valence-electron chi connectivity index (χ0n) is 13.9. The summed E-state index contributed by atoms with van der Waals surface area (Å²) in [5, 5.41) is 3.29. The van der Waals surface area contributed by atoms with Crippen LogP contribution in [0.1, 0.15) is 42.8 Å². The number of furan rings is 1. The summed E-state index contributed by atoms with van der Waals surface area (Å²) < 4.78 is 35.9. The molecule has 0 bridgehead atoms. The van der Waals surface area contributed by atoms with Gasteiger partial charge in [-0.3, -0.25) is 0 Å². The highest BCUT2D eigenvalue weighted by molar-refractivity contribution is 7.98. The molecule has 1 N–H and O–H groups in total. The molecule has 7 heteroatoms. The minimum absolute atomic E-state index is 0.180. The Balaban J connectivity index is 1.48. The van der Waals surface area contributed by atoms with E-state index in [9.17, 15) is 8.78 Å². The number of nitrogens with zero attached hydrogens (tertiary/aromatic N) is 1. The average Bonchev–Trinajstić information content (AvgIpc) is 3.26. The highest BCUT2D eigenvalue weighted by Crippen LogP contribution is 2.25. The van der Waals surface area contributed by atoms with Gasteiger partial charge in [0.05, 0.1) is 12.3 Å². The summed E-state index contributed by atoms with van der Waals surface area (Å²) in [6.07, 6.45) is 6.64. The topological polar surface area (TPSA) is 47.3 Å². The molecular weight excluding hydrogens is 346 g/mol. The summed E-state index contributed by atoms with van der Waals surface area (Å²) in [4.78, 5) is 4.35. The minimum atomic E-state index is -2.38. The first-order valence-electron chi connectivity index (χ1n) is 8.49. The molecule has 2 aromatic heterocycles. The molecule has 1 saturated carbocycles. The van der Waals surface area contributed by atoms with Gasteiger partial charge < -0.3 is 14.5 Å². The second-order valence-electron chi connectivity index (χ2n) is 6.04. The first-order chi connectivity index (χ1) is 12.2. The molecule has 0 aliphatic heterocycles. The molecule has 0 amide bonds. The van der Waals surface area contributed by atoms with E-state index in [1.54, 1.807) is 12.3 Å². The molecule has 25 heavy (non-hydrogen) atoms. The molecule has 0 saturated heterocycles. The van der Waals surface area contributed by atoms with E-state index in [2.05, 4.69) is 10.3 Å². The number of hydrogen-bond acceptors (Lipinski definition) is 5. The lowest BCUT2D eigenvalue weighted by molar-refractivity contribution is 0.198. The van der Waals surface area contributed by atoms with Crippen LogP contribution >= 0.6 is 11.8 Å². The number of nitrogens with one attached hydrogen (secondary N) is 1. The maximum absolute atomic E-state index is 12.2.